The van der Waals surface area contributed by atoms with Crippen molar-refractivity contribution < 1.29 is 33.0 Å². The Labute approximate surface area is 305 Å². The Hall–Kier alpha value is -6.74. The summed E-state index contributed by atoms with van der Waals surface area (Å²) in [4.78, 5) is 66.2. The molecule has 1 N–H and O–H groups in total. The molecular weight excluding hydrogens is 696 g/mol. The molecule has 0 bridgehead atoms. The van der Waals surface area contributed by atoms with Crippen LogP contribution < -0.4 is 11.1 Å². The minimum atomic E-state index is -1.29. The van der Waals surface area contributed by atoms with Crippen molar-refractivity contribution in [3.8, 4) is 28.3 Å². The van der Waals surface area contributed by atoms with Gasteiger partial charge in [0.25, 0.3) is 11.1 Å². The molecule has 10 nitrogen and oxygen atoms in total. The second kappa shape index (κ2) is 12.7. The quantitative estimate of drug-likeness (QED) is 0.132. The first kappa shape index (κ1) is 34.4. The number of halogens is 2. The van der Waals surface area contributed by atoms with Crippen molar-refractivity contribution in [2.75, 3.05) is 0 Å². The van der Waals surface area contributed by atoms with Crippen molar-refractivity contribution in [3.63, 3.8) is 0 Å². The SMILES string of the molecule is Cc1c(-c2ccc(C#N)c(F)c2)ccn2c(=O)c(C(=O)OC(=O)c3cc(C4CC4)c4c(C)c(-c5ccc(C(=O)O)cc5)c(F)cn4c3=O)cc(C3CC3)c12. The molecule has 2 saturated carbocycles. The van der Waals surface area contributed by atoms with Crippen LogP contribution >= 0.6 is 0 Å². The fourth-order valence-electron chi connectivity index (χ4n) is 7.37. The van der Waals surface area contributed by atoms with Crippen LogP contribution in [0.3, 0.4) is 0 Å². The second-order valence-corrected chi connectivity index (χ2v) is 13.8. The summed E-state index contributed by atoms with van der Waals surface area (Å²) in [5, 5.41) is 18.4. The van der Waals surface area contributed by atoms with E-state index < -0.39 is 51.8 Å². The van der Waals surface area contributed by atoms with Crippen LogP contribution in [-0.4, -0.2) is 31.8 Å². The number of carboxylic acids is 1. The molecule has 0 spiro atoms. The summed E-state index contributed by atoms with van der Waals surface area (Å²) in [6, 6.07) is 16.1. The number of ether oxygens (including phenoxy) is 1. The van der Waals surface area contributed by atoms with E-state index in [1.54, 1.807) is 32.0 Å². The number of carbonyl (C=O) groups excluding carboxylic acids is 2. The number of aromatic carboxylic acids is 1. The molecule has 2 aliphatic rings. The highest BCUT2D eigenvalue weighted by Gasteiger charge is 2.33. The lowest BCUT2D eigenvalue weighted by Gasteiger charge is -2.17. The van der Waals surface area contributed by atoms with Gasteiger partial charge in [0.15, 0.2) is 0 Å². The summed E-state index contributed by atoms with van der Waals surface area (Å²) in [7, 11) is 0. The number of rotatable bonds is 7. The molecule has 0 unspecified atom stereocenters. The molecule has 2 fully saturated rings. The Bertz CT molecular complexity index is 2820. The van der Waals surface area contributed by atoms with E-state index in [9.17, 15) is 33.5 Å². The highest BCUT2D eigenvalue weighted by molar-refractivity contribution is 6.03. The van der Waals surface area contributed by atoms with Gasteiger partial charge in [-0.2, -0.15) is 5.26 Å². The predicted molar refractivity (Wildman–Crippen MR) is 193 cm³/mol. The Morgan fingerprint density at radius 2 is 1.31 bits per heavy atom. The summed E-state index contributed by atoms with van der Waals surface area (Å²) < 4.78 is 37.9. The van der Waals surface area contributed by atoms with Gasteiger partial charge in [-0.15, -0.1) is 0 Å². The van der Waals surface area contributed by atoms with Crippen LogP contribution in [-0.2, 0) is 4.74 Å². The van der Waals surface area contributed by atoms with Gasteiger partial charge in [0.2, 0.25) is 0 Å². The number of hydrogen-bond donors (Lipinski definition) is 1. The van der Waals surface area contributed by atoms with Gasteiger partial charge in [-0.25, -0.2) is 23.2 Å². The first-order valence-electron chi connectivity index (χ1n) is 17.3. The van der Waals surface area contributed by atoms with Gasteiger partial charge in [0.05, 0.1) is 22.2 Å². The van der Waals surface area contributed by atoms with E-state index in [0.717, 1.165) is 36.3 Å². The summed E-state index contributed by atoms with van der Waals surface area (Å²) in [6.07, 6.45) is 5.51. The van der Waals surface area contributed by atoms with Crippen LogP contribution in [0.25, 0.3) is 33.3 Å². The van der Waals surface area contributed by atoms with Gasteiger partial charge in [-0.1, -0.05) is 18.2 Å². The Morgan fingerprint density at radius 1 is 0.759 bits per heavy atom. The number of carbonyl (C=O) groups is 3. The lowest BCUT2D eigenvalue weighted by molar-refractivity contribution is 0.0394. The minimum Gasteiger partial charge on any atom is -0.478 e. The molecule has 4 heterocycles. The van der Waals surface area contributed by atoms with Crippen LogP contribution in [0.15, 0.2) is 82.6 Å². The van der Waals surface area contributed by atoms with Crippen molar-refractivity contribution in [3.05, 3.63) is 150 Å². The molecule has 4 aromatic heterocycles. The highest BCUT2D eigenvalue weighted by Crippen LogP contribution is 2.45. The van der Waals surface area contributed by atoms with E-state index in [1.807, 2.05) is 0 Å². The fourth-order valence-corrected chi connectivity index (χ4v) is 7.37. The van der Waals surface area contributed by atoms with E-state index in [4.69, 9.17) is 10.00 Å². The van der Waals surface area contributed by atoms with Gasteiger partial charge >= 0.3 is 17.9 Å². The smallest absolute Gasteiger partial charge is 0.351 e. The number of nitrogens with zero attached hydrogens (tertiary/aromatic N) is 3. The van der Waals surface area contributed by atoms with Crippen LogP contribution in [0.5, 0.6) is 0 Å². The molecular formula is C42H29F2N3O7. The zero-order valence-corrected chi connectivity index (χ0v) is 28.9. The van der Waals surface area contributed by atoms with Crippen LogP contribution in [0, 0.1) is 36.8 Å². The molecule has 0 saturated heterocycles. The Morgan fingerprint density at radius 3 is 1.85 bits per heavy atom. The summed E-state index contributed by atoms with van der Waals surface area (Å²) >= 11 is 0. The summed E-state index contributed by atoms with van der Waals surface area (Å²) in [5.74, 6) is -5.17. The average molecular weight is 726 g/mol. The fraction of sp³-hybridized carbons (Fsp3) is 0.190. The third kappa shape index (κ3) is 5.65. The van der Waals surface area contributed by atoms with Gasteiger partial charge in [0, 0.05) is 18.0 Å². The number of fused-ring (bicyclic) bond motifs is 2. The first-order valence-corrected chi connectivity index (χ1v) is 17.3. The molecule has 12 heteroatoms. The largest absolute Gasteiger partial charge is 0.478 e. The van der Waals surface area contributed by atoms with Crippen LogP contribution in [0.2, 0.25) is 0 Å². The van der Waals surface area contributed by atoms with E-state index in [1.165, 1.54) is 59.1 Å². The Kier molecular flexibility index (Phi) is 8.10. The number of esters is 2. The average Bonchev–Trinajstić information content (AvgIpc) is 4.08. The topological polar surface area (TPSA) is 147 Å². The maximum absolute atomic E-state index is 15.8. The minimum absolute atomic E-state index is 0.0128. The summed E-state index contributed by atoms with van der Waals surface area (Å²) in [5.41, 5.74) is 2.29. The number of hydrogen-bond acceptors (Lipinski definition) is 7. The maximum Gasteiger partial charge on any atom is 0.351 e. The standard InChI is InChI=1S/C42H29F2N3O7/c1-20-28(26-11-12-27(18-45)33(43)15-26)13-14-46-36(20)29(22-3-4-22)16-31(38(46)48)41(52)54-42(53)32-17-30(23-5-6-23)37-21(2)35(34(44)19-47(37)39(32)49)24-7-9-25(10-8-24)40(50)51/h7-17,19,22-23H,3-6H2,1-2H3,(H,50,51). The normalized spacial score (nSPS) is 13.9. The van der Waals surface area contributed by atoms with E-state index in [2.05, 4.69) is 0 Å². The van der Waals surface area contributed by atoms with E-state index >= 15 is 4.39 Å². The maximum atomic E-state index is 15.8. The molecule has 54 heavy (non-hydrogen) atoms. The molecule has 2 aromatic carbocycles. The summed E-state index contributed by atoms with van der Waals surface area (Å²) in [6.45, 7) is 3.42. The molecule has 268 valence electrons. The third-order valence-corrected chi connectivity index (χ3v) is 10.4. The monoisotopic (exact) mass is 725 g/mol. The zero-order chi connectivity index (χ0) is 38.2. The van der Waals surface area contributed by atoms with Crippen molar-refractivity contribution in [1.29, 1.82) is 5.26 Å². The van der Waals surface area contributed by atoms with Crippen molar-refractivity contribution in [2.45, 2.75) is 51.4 Å². The lowest BCUT2D eigenvalue weighted by Crippen LogP contribution is -2.29. The number of carboxylic acid groups (broad SMARTS) is 1. The number of aromatic nitrogens is 2. The van der Waals surface area contributed by atoms with Gasteiger partial charge in [-0.3, -0.25) is 18.4 Å². The van der Waals surface area contributed by atoms with Crippen LogP contribution in [0.1, 0.15) is 96.4 Å². The van der Waals surface area contributed by atoms with Crippen LogP contribution in [0.4, 0.5) is 8.78 Å². The molecule has 0 radical (unpaired) electrons. The number of pyridine rings is 4. The third-order valence-electron chi connectivity index (χ3n) is 10.4. The van der Waals surface area contributed by atoms with E-state index in [0.29, 0.717) is 50.0 Å². The highest BCUT2D eigenvalue weighted by atomic mass is 19.1. The molecule has 6 aromatic rings. The van der Waals surface area contributed by atoms with Crippen molar-refractivity contribution >= 4 is 28.9 Å². The second-order valence-electron chi connectivity index (χ2n) is 13.8. The number of benzene rings is 2. The molecule has 8 rings (SSSR count). The van der Waals surface area contributed by atoms with Gasteiger partial charge in [-0.05, 0) is 133 Å². The van der Waals surface area contributed by atoms with Crippen molar-refractivity contribution in [2.24, 2.45) is 0 Å². The first-order chi connectivity index (χ1) is 25.9. The zero-order valence-electron chi connectivity index (χ0n) is 28.9. The van der Waals surface area contributed by atoms with Crippen molar-refractivity contribution in [1.82, 2.24) is 8.80 Å². The van der Waals surface area contributed by atoms with Gasteiger partial charge < -0.3 is 9.84 Å². The number of aryl methyl sites for hydroxylation is 2. The van der Waals surface area contributed by atoms with E-state index in [-0.39, 0.29) is 28.5 Å². The molecule has 0 atom stereocenters. The van der Waals surface area contributed by atoms with Gasteiger partial charge in [0.1, 0.15) is 28.8 Å². The number of nitriles is 1. The molecule has 0 amide bonds. The molecule has 2 aliphatic carbocycles. The Balaban J connectivity index is 1.18. The predicted octanol–water partition coefficient (Wildman–Crippen LogP) is 7.46. The molecule has 0 aliphatic heterocycles. The lowest BCUT2D eigenvalue weighted by atomic mass is 9.95.